The summed E-state index contributed by atoms with van der Waals surface area (Å²) in [7, 11) is 0. The number of anilines is 1. The zero-order chi connectivity index (χ0) is 34.1. The van der Waals surface area contributed by atoms with Crippen molar-refractivity contribution < 1.29 is 24.2 Å². The van der Waals surface area contributed by atoms with Gasteiger partial charge in [-0.05, 0) is 80.7 Å². The molecule has 0 aliphatic carbocycles. The lowest BCUT2D eigenvalue weighted by Crippen LogP contribution is -2.53. The van der Waals surface area contributed by atoms with Crippen LogP contribution in [0.1, 0.15) is 68.1 Å². The Morgan fingerprint density at radius 3 is 2.37 bits per heavy atom. The SMILES string of the molecule is Cc1cc([C@@H](C)C(OC(=O)N2CCC(N3CCc4ccccc4NC3=O)CC2)C(=O)N2CCC(N3CCC(O)CC3)CC2)cc2[nH]cnc12. The molecule has 4 aliphatic rings. The summed E-state index contributed by atoms with van der Waals surface area (Å²) in [5.74, 6) is -0.546. The van der Waals surface area contributed by atoms with E-state index in [1.54, 1.807) is 11.2 Å². The number of para-hydroxylation sites is 1. The molecule has 2 aromatic carbocycles. The van der Waals surface area contributed by atoms with Crippen molar-refractivity contribution >= 4 is 34.8 Å². The molecule has 2 atom stereocenters. The fourth-order valence-electron chi connectivity index (χ4n) is 8.22. The fraction of sp³-hybridized carbons (Fsp3) is 0.568. The van der Waals surface area contributed by atoms with E-state index < -0.39 is 12.2 Å². The maximum atomic E-state index is 14.3. The molecule has 4 amide bonds. The van der Waals surface area contributed by atoms with E-state index in [4.69, 9.17) is 4.74 Å². The van der Waals surface area contributed by atoms with E-state index in [1.807, 2.05) is 60.0 Å². The number of piperidine rings is 3. The van der Waals surface area contributed by atoms with Gasteiger partial charge in [0, 0.05) is 69.5 Å². The molecule has 12 heteroatoms. The monoisotopic (exact) mass is 671 g/mol. The van der Waals surface area contributed by atoms with Gasteiger partial charge >= 0.3 is 12.1 Å². The minimum absolute atomic E-state index is 0.0169. The van der Waals surface area contributed by atoms with Gasteiger partial charge in [0.1, 0.15) is 0 Å². The first kappa shape index (κ1) is 33.3. The van der Waals surface area contributed by atoms with E-state index in [-0.39, 0.29) is 30.0 Å². The molecule has 3 fully saturated rings. The molecule has 0 spiro atoms. The predicted molar refractivity (Wildman–Crippen MR) is 186 cm³/mol. The summed E-state index contributed by atoms with van der Waals surface area (Å²) in [6.45, 7) is 8.47. The molecule has 0 bridgehead atoms. The second kappa shape index (κ2) is 14.4. The number of aliphatic hydroxyl groups excluding tert-OH is 1. The molecule has 262 valence electrons. The number of fused-ring (bicyclic) bond motifs is 2. The topological polar surface area (TPSA) is 134 Å². The Hall–Kier alpha value is -4.16. The number of urea groups is 1. The third-order valence-corrected chi connectivity index (χ3v) is 11.3. The van der Waals surface area contributed by atoms with Crippen LogP contribution in [-0.4, -0.2) is 123 Å². The second-order valence-corrected chi connectivity index (χ2v) is 14.3. The van der Waals surface area contributed by atoms with E-state index >= 15 is 0 Å². The van der Waals surface area contributed by atoms with Crippen LogP contribution < -0.4 is 5.32 Å². The van der Waals surface area contributed by atoms with Gasteiger partial charge in [0.05, 0.1) is 23.5 Å². The minimum Gasteiger partial charge on any atom is -0.435 e. The smallest absolute Gasteiger partial charge is 0.410 e. The van der Waals surface area contributed by atoms with E-state index in [1.165, 1.54) is 0 Å². The number of carbonyl (C=O) groups is 3. The molecule has 3 saturated heterocycles. The molecule has 49 heavy (non-hydrogen) atoms. The standard InChI is InChI=1S/C37H49N7O5/c1-24-21-27(22-32-33(24)39-23-38-32)25(2)34(35(46)42-14-8-28(9-15-42)41-18-12-30(45)13-19-41)49-37(48)43-16-10-29(11-17-43)44-20-7-26-5-3-4-6-31(26)40-36(44)47/h3-6,21-23,25,28-30,34,45H,7-20H2,1-2H3,(H,38,39)(H,40,47)/t25-,34?/m1/s1. The van der Waals surface area contributed by atoms with Gasteiger partial charge in [-0.1, -0.05) is 31.2 Å². The molecule has 1 aromatic heterocycles. The fourth-order valence-corrected chi connectivity index (χ4v) is 8.22. The molecule has 1 unspecified atom stereocenters. The van der Waals surface area contributed by atoms with Crippen LogP contribution in [0.5, 0.6) is 0 Å². The van der Waals surface area contributed by atoms with Gasteiger partial charge in [-0.3, -0.25) is 4.79 Å². The number of aromatic amines is 1. The van der Waals surface area contributed by atoms with Crippen molar-refractivity contribution in [1.29, 1.82) is 0 Å². The molecule has 4 aliphatic heterocycles. The number of amides is 4. The number of nitrogens with zero attached hydrogens (tertiary/aromatic N) is 5. The highest BCUT2D eigenvalue weighted by molar-refractivity contribution is 5.91. The highest BCUT2D eigenvalue weighted by Gasteiger charge is 2.39. The van der Waals surface area contributed by atoms with Crippen LogP contribution >= 0.6 is 0 Å². The van der Waals surface area contributed by atoms with E-state index in [0.29, 0.717) is 51.6 Å². The number of hydrogen-bond acceptors (Lipinski definition) is 7. The second-order valence-electron chi connectivity index (χ2n) is 14.3. The molecule has 3 aromatic rings. The number of ether oxygens (including phenoxy) is 1. The molecular formula is C37H49N7O5. The third-order valence-electron chi connectivity index (χ3n) is 11.3. The van der Waals surface area contributed by atoms with Gasteiger partial charge in [-0.2, -0.15) is 0 Å². The highest BCUT2D eigenvalue weighted by atomic mass is 16.6. The number of aliphatic hydroxyl groups is 1. The summed E-state index contributed by atoms with van der Waals surface area (Å²) in [6.07, 6.45) is 5.36. The number of rotatable bonds is 6. The van der Waals surface area contributed by atoms with Crippen molar-refractivity contribution in [3.63, 3.8) is 0 Å². The molecule has 7 rings (SSSR count). The number of nitrogens with one attached hydrogen (secondary N) is 2. The number of carbonyl (C=O) groups excluding carboxylic acids is 3. The first-order valence-electron chi connectivity index (χ1n) is 18.0. The van der Waals surface area contributed by atoms with Crippen molar-refractivity contribution in [2.75, 3.05) is 51.1 Å². The summed E-state index contributed by atoms with van der Waals surface area (Å²) in [4.78, 5) is 56.7. The molecular weight excluding hydrogens is 622 g/mol. The van der Waals surface area contributed by atoms with Crippen molar-refractivity contribution in [2.24, 2.45) is 0 Å². The van der Waals surface area contributed by atoms with Gasteiger partial charge < -0.3 is 39.7 Å². The van der Waals surface area contributed by atoms with Crippen LogP contribution in [0.2, 0.25) is 0 Å². The third kappa shape index (κ3) is 7.12. The lowest BCUT2D eigenvalue weighted by Gasteiger charge is -2.42. The summed E-state index contributed by atoms with van der Waals surface area (Å²) >= 11 is 0. The van der Waals surface area contributed by atoms with Crippen LogP contribution in [0.15, 0.2) is 42.7 Å². The van der Waals surface area contributed by atoms with Gasteiger partial charge in [0.25, 0.3) is 5.91 Å². The Kier molecular flexibility index (Phi) is 9.77. The van der Waals surface area contributed by atoms with E-state index in [0.717, 1.165) is 78.6 Å². The molecule has 0 radical (unpaired) electrons. The van der Waals surface area contributed by atoms with E-state index in [2.05, 4.69) is 20.2 Å². The van der Waals surface area contributed by atoms with Crippen molar-refractivity contribution in [3.05, 3.63) is 59.4 Å². The predicted octanol–water partition coefficient (Wildman–Crippen LogP) is 4.48. The Morgan fingerprint density at radius 1 is 0.918 bits per heavy atom. The zero-order valence-electron chi connectivity index (χ0n) is 28.6. The van der Waals surface area contributed by atoms with Crippen LogP contribution in [0.4, 0.5) is 15.3 Å². The Balaban J connectivity index is 1.02. The average Bonchev–Trinajstić information content (AvgIpc) is 3.54. The number of likely N-dealkylation sites (tertiary alicyclic amines) is 3. The van der Waals surface area contributed by atoms with Crippen LogP contribution in [0.3, 0.4) is 0 Å². The number of hydrogen-bond donors (Lipinski definition) is 3. The first-order chi connectivity index (χ1) is 23.7. The van der Waals surface area contributed by atoms with Crippen molar-refractivity contribution in [3.8, 4) is 0 Å². The minimum atomic E-state index is -0.985. The normalized spacial score (nSPS) is 21.6. The number of aryl methyl sites for hydroxylation is 1. The zero-order valence-corrected chi connectivity index (χ0v) is 28.6. The number of aromatic nitrogens is 2. The Morgan fingerprint density at radius 2 is 1.61 bits per heavy atom. The first-order valence-corrected chi connectivity index (χ1v) is 18.0. The molecule has 5 heterocycles. The lowest BCUT2D eigenvalue weighted by atomic mass is 9.91. The lowest BCUT2D eigenvalue weighted by molar-refractivity contribution is -0.143. The van der Waals surface area contributed by atoms with Gasteiger partial charge in [-0.25, -0.2) is 14.6 Å². The number of imidazole rings is 1. The maximum absolute atomic E-state index is 14.3. The van der Waals surface area contributed by atoms with Gasteiger partial charge in [0.2, 0.25) is 0 Å². The largest absolute Gasteiger partial charge is 0.435 e. The van der Waals surface area contributed by atoms with Crippen molar-refractivity contribution in [1.82, 2.24) is 29.6 Å². The van der Waals surface area contributed by atoms with Crippen LogP contribution in [-0.2, 0) is 16.0 Å². The van der Waals surface area contributed by atoms with Crippen LogP contribution in [0.25, 0.3) is 11.0 Å². The van der Waals surface area contributed by atoms with Crippen LogP contribution in [0, 0.1) is 6.92 Å². The van der Waals surface area contributed by atoms with Gasteiger partial charge in [-0.15, -0.1) is 0 Å². The van der Waals surface area contributed by atoms with Crippen molar-refractivity contribution in [2.45, 2.75) is 89.0 Å². The Labute approximate surface area is 287 Å². The molecule has 3 N–H and O–H groups in total. The summed E-state index contributed by atoms with van der Waals surface area (Å²) in [5, 5.41) is 13.0. The highest BCUT2D eigenvalue weighted by Crippen LogP contribution is 2.31. The summed E-state index contributed by atoms with van der Waals surface area (Å²) in [5.41, 5.74) is 5.66. The van der Waals surface area contributed by atoms with E-state index in [9.17, 15) is 19.5 Å². The average molecular weight is 672 g/mol. The summed E-state index contributed by atoms with van der Waals surface area (Å²) < 4.78 is 6.21. The number of benzene rings is 2. The summed E-state index contributed by atoms with van der Waals surface area (Å²) in [6, 6.07) is 12.3. The Bertz CT molecular complexity index is 1650. The molecule has 0 saturated carbocycles. The number of H-pyrrole nitrogens is 1. The quantitative estimate of drug-likeness (QED) is 0.352. The maximum Gasteiger partial charge on any atom is 0.410 e. The van der Waals surface area contributed by atoms with Gasteiger partial charge in [0.15, 0.2) is 6.10 Å². The molecule has 12 nitrogen and oxygen atoms in total.